The molecular weight excluding hydrogens is 222 g/mol. The normalized spacial score (nSPS) is 18.1. The Bertz CT molecular complexity index is 335. The zero-order chi connectivity index (χ0) is 11.4. The van der Waals surface area contributed by atoms with E-state index >= 15 is 0 Å². The minimum absolute atomic E-state index is 0.519. The van der Waals surface area contributed by atoms with E-state index in [2.05, 4.69) is 21.9 Å². The molecule has 0 amide bonds. The number of hydrogen-bond acceptors (Lipinski definition) is 3. The van der Waals surface area contributed by atoms with Gasteiger partial charge in [-0.15, -0.1) is 0 Å². The molecule has 1 aromatic rings. The molecule has 4 heteroatoms. The zero-order valence-electron chi connectivity index (χ0n) is 9.69. The lowest BCUT2D eigenvalue weighted by atomic mass is 10.1. The van der Waals surface area contributed by atoms with Crippen LogP contribution in [0.25, 0.3) is 0 Å². The van der Waals surface area contributed by atoms with E-state index < -0.39 is 0 Å². The van der Waals surface area contributed by atoms with Gasteiger partial charge in [-0.25, -0.2) is 9.97 Å². The smallest absolute Gasteiger partial charge is 0.134 e. The van der Waals surface area contributed by atoms with Crippen LogP contribution >= 0.6 is 11.6 Å². The fourth-order valence-corrected chi connectivity index (χ4v) is 2.49. The maximum atomic E-state index is 5.88. The lowest BCUT2D eigenvalue weighted by Crippen LogP contribution is -2.31. The first kappa shape index (κ1) is 11.6. The van der Waals surface area contributed by atoms with Gasteiger partial charge in [0.05, 0.1) is 0 Å². The Balaban J connectivity index is 2.07. The van der Waals surface area contributed by atoms with Crippen LogP contribution < -0.4 is 4.90 Å². The minimum atomic E-state index is 0.519. The Hall–Kier alpha value is -0.830. The molecule has 1 fully saturated rings. The van der Waals surface area contributed by atoms with Crippen molar-refractivity contribution < 1.29 is 0 Å². The predicted octanol–water partition coefficient (Wildman–Crippen LogP) is 3.29. The summed E-state index contributed by atoms with van der Waals surface area (Å²) in [6.45, 7) is 0. The zero-order valence-corrected chi connectivity index (χ0v) is 10.5. The van der Waals surface area contributed by atoms with E-state index in [4.69, 9.17) is 11.6 Å². The molecule has 1 heterocycles. The second-order valence-corrected chi connectivity index (χ2v) is 4.84. The summed E-state index contributed by atoms with van der Waals surface area (Å²) in [5.41, 5.74) is 0. The monoisotopic (exact) mass is 239 g/mol. The molecule has 0 aliphatic heterocycles. The molecule has 1 aliphatic carbocycles. The van der Waals surface area contributed by atoms with Crippen molar-refractivity contribution >= 4 is 17.4 Å². The highest BCUT2D eigenvalue weighted by molar-refractivity contribution is 6.29. The van der Waals surface area contributed by atoms with Crippen molar-refractivity contribution in [1.82, 2.24) is 9.97 Å². The Morgan fingerprint density at radius 3 is 2.50 bits per heavy atom. The molecule has 0 saturated heterocycles. The topological polar surface area (TPSA) is 29.0 Å². The molecular formula is C12H18ClN3. The maximum Gasteiger partial charge on any atom is 0.134 e. The highest BCUT2D eigenvalue weighted by atomic mass is 35.5. The molecule has 0 spiro atoms. The third-order valence-corrected chi connectivity index (χ3v) is 3.56. The van der Waals surface area contributed by atoms with Gasteiger partial charge in [0.2, 0.25) is 0 Å². The summed E-state index contributed by atoms with van der Waals surface area (Å²) in [6.07, 6.45) is 9.45. The number of hydrogen-bond donors (Lipinski definition) is 0. The fraction of sp³-hybridized carbons (Fsp3) is 0.667. The maximum absolute atomic E-state index is 5.88. The molecule has 0 atom stereocenters. The second-order valence-electron chi connectivity index (χ2n) is 4.46. The summed E-state index contributed by atoms with van der Waals surface area (Å²) in [4.78, 5) is 10.4. The van der Waals surface area contributed by atoms with Crippen molar-refractivity contribution in [2.45, 2.75) is 44.6 Å². The molecule has 1 saturated carbocycles. The molecule has 0 N–H and O–H groups in total. The average molecular weight is 240 g/mol. The lowest BCUT2D eigenvalue weighted by Gasteiger charge is -2.28. The van der Waals surface area contributed by atoms with Crippen LogP contribution in [0.5, 0.6) is 0 Å². The molecule has 3 nitrogen and oxygen atoms in total. The van der Waals surface area contributed by atoms with Crippen LogP contribution in [-0.4, -0.2) is 23.1 Å². The quantitative estimate of drug-likeness (QED) is 0.586. The third-order valence-electron chi connectivity index (χ3n) is 3.35. The van der Waals surface area contributed by atoms with Crippen LogP contribution in [0.4, 0.5) is 5.82 Å². The van der Waals surface area contributed by atoms with Crippen LogP contribution in [0.1, 0.15) is 38.5 Å². The molecule has 0 aromatic carbocycles. The van der Waals surface area contributed by atoms with Crippen molar-refractivity contribution in [3.63, 3.8) is 0 Å². The van der Waals surface area contributed by atoms with E-state index in [9.17, 15) is 0 Å². The van der Waals surface area contributed by atoms with E-state index in [-0.39, 0.29) is 0 Å². The molecule has 2 rings (SSSR count). The Morgan fingerprint density at radius 1 is 1.19 bits per heavy atom. The van der Waals surface area contributed by atoms with Gasteiger partial charge < -0.3 is 4.90 Å². The number of aromatic nitrogens is 2. The summed E-state index contributed by atoms with van der Waals surface area (Å²) in [5.74, 6) is 0.937. The van der Waals surface area contributed by atoms with Gasteiger partial charge in [0.25, 0.3) is 0 Å². The van der Waals surface area contributed by atoms with Crippen LogP contribution in [0.2, 0.25) is 5.15 Å². The Labute approximate surface area is 102 Å². The Morgan fingerprint density at radius 2 is 1.88 bits per heavy atom. The number of halogens is 1. The fourth-order valence-electron chi connectivity index (χ4n) is 2.35. The molecule has 0 unspecified atom stereocenters. The first-order chi connectivity index (χ1) is 7.77. The van der Waals surface area contributed by atoms with Gasteiger partial charge in [-0.2, -0.15) is 0 Å². The average Bonchev–Trinajstić information content (AvgIpc) is 2.56. The SMILES string of the molecule is CN(c1cc(Cl)ncn1)C1CCCCCC1. The molecule has 0 radical (unpaired) electrons. The van der Waals surface area contributed by atoms with Gasteiger partial charge in [-0.3, -0.25) is 0 Å². The summed E-state index contributed by atoms with van der Waals surface area (Å²) in [6, 6.07) is 2.44. The summed E-state index contributed by atoms with van der Waals surface area (Å²) in [5, 5.41) is 0.519. The van der Waals surface area contributed by atoms with Gasteiger partial charge in [0.1, 0.15) is 17.3 Å². The van der Waals surface area contributed by atoms with Gasteiger partial charge in [-0.05, 0) is 12.8 Å². The molecule has 88 valence electrons. The van der Waals surface area contributed by atoms with Crippen molar-refractivity contribution in [2.24, 2.45) is 0 Å². The van der Waals surface area contributed by atoms with Crippen molar-refractivity contribution in [3.8, 4) is 0 Å². The summed E-state index contributed by atoms with van der Waals surface area (Å²) in [7, 11) is 2.11. The number of anilines is 1. The molecule has 16 heavy (non-hydrogen) atoms. The third kappa shape index (κ3) is 2.85. The second kappa shape index (κ2) is 5.48. The van der Waals surface area contributed by atoms with E-state index in [1.54, 1.807) is 0 Å². The standard InChI is InChI=1S/C12H18ClN3/c1-16(10-6-4-2-3-5-7-10)12-8-11(13)14-9-15-12/h8-10H,2-7H2,1H3. The largest absolute Gasteiger partial charge is 0.357 e. The summed E-state index contributed by atoms with van der Waals surface area (Å²) >= 11 is 5.88. The predicted molar refractivity (Wildman–Crippen MR) is 66.9 cm³/mol. The minimum Gasteiger partial charge on any atom is -0.357 e. The van der Waals surface area contributed by atoms with Crippen LogP contribution in [0.3, 0.4) is 0 Å². The number of nitrogens with zero attached hydrogens (tertiary/aromatic N) is 3. The summed E-state index contributed by atoms with van der Waals surface area (Å²) < 4.78 is 0. The van der Waals surface area contributed by atoms with Crippen LogP contribution in [0, 0.1) is 0 Å². The van der Waals surface area contributed by atoms with E-state index in [1.807, 2.05) is 6.07 Å². The molecule has 1 aliphatic rings. The van der Waals surface area contributed by atoms with Crippen molar-refractivity contribution in [3.05, 3.63) is 17.5 Å². The highest BCUT2D eigenvalue weighted by Gasteiger charge is 2.18. The van der Waals surface area contributed by atoms with Gasteiger partial charge in [0, 0.05) is 19.2 Å². The van der Waals surface area contributed by atoms with E-state index in [0.717, 1.165) is 5.82 Å². The van der Waals surface area contributed by atoms with E-state index in [1.165, 1.54) is 44.9 Å². The van der Waals surface area contributed by atoms with Gasteiger partial charge in [0.15, 0.2) is 0 Å². The molecule has 1 aromatic heterocycles. The van der Waals surface area contributed by atoms with Crippen molar-refractivity contribution in [2.75, 3.05) is 11.9 Å². The first-order valence-electron chi connectivity index (χ1n) is 5.98. The van der Waals surface area contributed by atoms with Crippen LogP contribution in [-0.2, 0) is 0 Å². The van der Waals surface area contributed by atoms with Crippen molar-refractivity contribution in [1.29, 1.82) is 0 Å². The number of rotatable bonds is 2. The lowest BCUT2D eigenvalue weighted by molar-refractivity contribution is 0.549. The van der Waals surface area contributed by atoms with Gasteiger partial charge >= 0.3 is 0 Å². The van der Waals surface area contributed by atoms with Gasteiger partial charge in [-0.1, -0.05) is 37.3 Å². The van der Waals surface area contributed by atoms with E-state index in [0.29, 0.717) is 11.2 Å². The van der Waals surface area contributed by atoms with Crippen LogP contribution in [0.15, 0.2) is 12.4 Å². The highest BCUT2D eigenvalue weighted by Crippen LogP contribution is 2.24. The molecule has 0 bridgehead atoms. The first-order valence-corrected chi connectivity index (χ1v) is 6.35. The Kier molecular flexibility index (Phi) is 3.99.